The smallest absolute Gasteiger partial charge is 0.416 e. The molecule has 10 heteroatoms. The van der Waals surface area contributed by atoms with Crippen molar-refractivity contribution in [2.24, 2.45) is 0 Å². The van der Waals surface area contributed by atoms with Gasteiger partial charge >= 0.3 is 6.18 Å². The van der Waals surface area contributed by atoms with Gasteiger partial charge in [0.15, 0.2) is 0 Å². The van der Waals surface area contributed by atoms with Gasteiger partial charge in [0.25, 0.3) is 5.91 Å². The average molecular weight is 526 g/mol. The van der Waals surface area contributed by atoms with Crippen LogP contribution in [-0.4, -0.2) is 5.91 Å². The van der Waals surface area contributed by atoms with Crippen LogP contribution in [0, 0.1) is 11.3 Å². The molecule has 0 bridgehead atoms. The molecule has 3 rings (SSSR count). The second-order valence-corrected chi connectivity index (χ2v) is 8.15. The van der Waals surface area contributed by atoms with E-state index in [1.807, 2.05) is 0 Å². The summed E-state index contributed by atoms with van der Waals surface area (Å²) in [6.07, 6.45) is -3.30. The maximum Gasteiger partial charge on any atom is 0.416 e. The van der Waals surface area contributed by atoms with Crippen LogP contribution in [0.1, 0.15) is 16.7 Å². The fraction of sp³-hybridized carbons (Fsp3) is 0.0833. The Kier molecular flexibility index (Phi) is 8.11. The lowest BCUT2D eigenvalue weighted by atomic mass is 10.1. The second-order valence-electron chi connectivity index (χ2n) is 6.93. The Labute approximate surface area is 208 Å². The van der Waals surface area contributed by atoms with Crippen LogP contribution in [-0.2, 0) is 17.6 Å². The quantitative estimate of drug-likeness (QED) is 0.264. The first-order valence-corrected chi connectivity index (χ1v) is 10.7. The minimum Gasteiger partial charge on any atom is -0.487 e. The van der Waals surface area contributed by atoms with Gasteiger partial charge in [0.2, 0.25) is 0 Å². The molecule has 0 heterocycles. The van der Waals surface area contributed by atoms with E-state index in [2.05, 4.69) is 5.32 Å². The van der Waals surface area contributed by atoms with Crippen molar-refractivity contribution in [1.29, 1.82) is 5.26 Å². The van der Waals surface area contributed by atoms with Crippen LogP contribution in [0.25, 0.3) is 6.08 Å². The lowest BCUT2D eigenvalue weighted by Crippen LogP contribution is -2.14. The van der Waals surface area contributed by atoms with Gasteiger partial charge in [-0.25, -0.2) is 0 Å². The minimum atomic E-state index is -4.56. The van der Waals surface area contributed by atoms with Crippen molar-refractivity contribution >= 4 is 52.5 Å². The monoisotopic (exact) mass is 524 g/mol. The third kappa shape index (κ3) is 6.67. The molecule has 1 amide bonds. The molecule has 0 aliphatic rings. The molecule has 0 atom stereocenters. The number of hydrogen-bond donors (Lipinski definition) is 1. The number of alkyl halides is 3. The van der Waals surface area contributed by atoms with E-state index in [1.54, 1.807) is 36.4 Å². The van der Waals surface area contributed by atoms with Crippen LogP contribution in [0.5, 0.6) is 5.75 Å². The Bertz CT molecular complexity index is 1300. The van der Waals surface area contributed by atoms with Crippen molar-refractivity contribution in [3.63, 3.8) is 0 Å². The van der Waals surface area contributed by atoms with E-state index >= 15 is 0 Å². The topological polar surface area (TPSA) is 62.1 Å². The summed E-state index contributed by atoms with van der Waals surface area (Å²) in [6, 6.07) is 15.5. The number of amides is 1. The van der Waals surface area contributed by atoms with Crippen LogP contribution in [0.2, 0.25) is 15.1 Å². The number of nitrogens with zero attached hydrogens (tertiary/aromatic N) is 1. The third-order valence-electron chi connectivity index (χ3n) is 4.46. The number of carbonyl (C=O) groups excluding carboxylic acids is 1. The Morgan fingerprint density at radius 1 is 1.00 bits per heavy atom. The first-order valence-electron chi connectivity index (χ1n) is 9.53. The molecular formula is C24H14Cl3F3N2O2. The van der Waals surface area contributed by atoms with Crippen LogP contribution in [0.15, 0.2) is 66.2 Å². The molecule has 0 spiro atoms. The van der Waals surface area contributed by atoms with Gasteiger partial charge in [0.05, 0.1) is 20.6 Å². The predicted octanol–water partition coefficient (Wildman–Crippen LogP) is 7.79. The molecule has 0 aliphatic heterocycles. The van der Waals surface area contributed by atoms with Gasteiger partial charge in [-0.15, -0.1) is 0 Å². The highest BCUT2D eigenvalue weighted by atomic mass is 35.5. The zero-order valence-corrected chi connectivity index (χ0v) is 19.4. The molecule has 0 unspecified atom stereocenters. The molecule has 0 aromatic heterocycles. The fourth-order valence-electron chi connectivity index (χ4n) is 2.80. The van der Waals surface area contributed by atoms with E-state index in [1.165, 1.54) is 18.2 Å². The Morgan fingerprint density at radius 2 is 1.76 bits per heavy atom. The zero-order chi connectivity index (χ0) is 24.9. The molecule has 0 saturated heterocycles. The summed E-state index contributed by atoms with van der Waals surface area (Å²) >= 11 is 18.1. The molecule has 3 aromatic carbocycles. The number of nitriles is 1. The van der Waals surface area contributed by atoms with E-state index in [0.29, 0.717) is 21.4 Å². The summed E-state index contributed by atoms with van der Waals surface area (Å²) in [7, 11) is 0. The number of hydrogen-bond acceptors (Lipinski definition) is 3. The lowest BCUT2D eigenvalue weighted by Gasteiger charge is -2.10. The summed E-state index contributed by atoms with van der Waals surface area (Å²) in [5, 5.41) is 12.7. The molecule has 0 aliphatic carbocycles. The van der Waals surface area contributed by atoms with Gasteiger partial charge in [-0.3, -0.25) is 4.79 Å². The van der Waals surface area contributed by atoms with Gasteiger partial charge in [0.1, 0.15) is 24.0 Å². The SMILES string of the molecule is N#C/C(=C\c1ccc(OCc2ccc(Cl)c(Cl)c2)c(Cl)c1)C(=O)Nc1cccc(C(F)(F)F)c1. The third-order valence-corrected chi connectivity index (χ3v) is 5.49. The highest BCUT2D eigenvalue weighted by Gasteiger charge is 2.30. The first kappa shape index (κ1) is 25.4. The van der Waals surface area contributed by atoms with E-state index in [4.69, 9.17) is 39.5 Å². The van der Waals surface area contributed by atoms with E-state index < -0.39 is 17.6 Å². The number of benzene rings is 3. The van der Waals surface area contributed by atoms with E-state index in [-0.39, 0.29) is 22.9 Å². The standard InChI is InChI=1S/C24H14Cl3F3N2O2/c25-19-6-4-15(10-20(19)26)13-34-22-7-5-14(9-21(22)27)8-16(12-31)23(33)32-18-3-1-2-17(11-18)24(28,29)30/h1-11H,13H2,(H,32,33)/b16-8+. The molecule has 4 nitrogen and oxygen atoms in total. The number of anilines is 1. The molecule has 174 valence electrons. The highest BCUT2D eigenvalue weighted by molar-refractivity contribution is 6.42. The van der Waals surface area contributed by atoms with Crippen molar-refractivity contribution in [1.82, 2.24) is 0 Å². The van der Waals surface area contributed by atoms with Gasteiger partial charge in [-0.2, -0.15) is 18.4 Å². The van der Waals surface area contributed by atoms with Gasteiger partial charge in [-0.05, 0) is 59.7 Å². The van der Waals surface area contributed by atoms with Crippen molar-refractivity contribution < 1.29 is 22.7 Å². The predicted molar refractivity (Wildman–Crippen MR) is 126 cm³/mol. The molecule has 0 radical (unpaired) electrons. The van der Waals surface area contributed by atoms with Crippen molar-refractivity contribution in [3.8, 4) is 11.8 Å². The largest absolute Gasteiger partial charge is 0.487 e. The number of carbonyl (C=O) groups is 1. The lowest BCUT2D eigenvalue weighted by molar-refractivity contribution is -0.137. The molecular weight excluding hydrogens is 512 g/mol. The van der Waals surface area contributed by atoms with Gasteiger partial charge in [0, 0.05) is 5.69 Å². The second kappa shape index (κ2) is 10.8. The molecule has 1 N–H and O–H groups in total. The summed E-state index contributed by atoms with van der Waals surface area (Å²) in [6.45, 7) is 0.175. The van der Waals surface area contributed by atoms with Crippen molar-refractivity contribution in [2.45, 2.75) is 12.8 Å². The molecule has 0 saturated carbocycles. The average Bonchev–Trinajstić information content (AvgIpc) is 2.78. The number of halogens is 6. The Hall–Kier alpha value is -3.18. The summed E-state index contributed by atoms with van der Waals surface area (Å²) in [5.74, 6) is -0.505. The Balaban J connectivity index is 1.72. The normalized spacial score (nSPS) is 11.6. The van der Waals surface area contributed by atoms with Gasteiger partial charge in [-0.1, -0.05) is 53.0 Å². The maximum atomic E-state index is 12.9. The van der Waals surface area contributed by atoms with Crippen molar-refractivity contribution in [2.75, 3.05) is 5.32 Å². The minimum absolute atomic E-state index is 0.0925. The highest BCUT2D eigenvalue weighted by Crippen LogP contribution is 2.31. The molecule has 0 fully saturated rings. The van der Waals surface area contributed by atoms with Gasteiger partial charge < -0.3 is 10.1 Å². The van der Waals surface area contributed by atoms with Crippen LogP contribution in [0.4, 0.5) is 18.9 Å². The number of ether oxygens (including phenoxy) is 1. The summed E-state index contributed by atoms with van der Waals surface area (Å²) < 4.78 is 44.3. The maximum absolute atomic E-state index is 12.9. The van der Waals surface area contributed by atoms with Crippen molar-refractivity contribution in [3.05, 3.63) is 98.0 Å². The van der Waals surface area contributed by atoms with Crippen LogP contribution in [0.3, 0.4) is 0 Å². The molecule has 34 heavy (non-hydrogen) atoms. The Morgan fingerprint density at radius 3 is 2.41 bits per heavy atom. The fourth-order valence-corrected chi connectivity index (χ4v) is 3.37. The first-order chi connectivity index (χ1) is 16.1. The summed E-state index contributed by atoms with van der Waals surface area (Å²) in [5.41, 5.74) is -0.144. The number of nitrogens with one attached hydrogen (secondary N) is 1. The zero-order valence-electron chi connectivity index (χ0n) is 17.1. The van der Waals surface area contributed by atoms with E-state index in [0.717, 1.165) is 23.8 Å². The van der Waals surface area contributed by atoms with Crippen LogP contribution < -0.4 is 10.1 Å². The van der Waals surface area contributed by atoms with E-state index in [9.17, 15) is 23.2 Å². The number of rotatable bonds is 6. The van der Waals surface area contributed by atoms with Crippen LogP contribution >= 0.6 is 34.8 Å². The summed E-state index contributed by atoms with van der Waals surface area (Å²) in [4.78, 5) is 12.4. The molecule has 3 aromatic rings.